The lowest BCUT2D eigenvalue weighted by Gasteiger charge is -2.26. The zero-order valence-corrected chi connectivity index (χ0v) is 12.4. The molecular weight excluding hydrogens is 280 g/mol. The van der Waals surface area contributed by atoms with E-state index in [0.29, 0.717) is 13.2 Å². The van der Waals surface area contributed by atoms with Crippen LogP contribution in [0.5, 0.6) is 5.75 Å². The van der Waals surface area contributed by atoms with Crippen LogP contribution in [0.4, 0.5) is 4.79 Å². The number of aryl methyl sites for hydroxylation is 1. The highest BCUT2D eigenvalue weighted by Crippen LogP contribution is 2.31. The first-order valence-corrected chi connectivity index (χ1v) is 7.56. The highest BCUT2D eigenvalue weighted by Gasteiger charge is 2.22. The number of para-hydroxylation sites is 1. The fourth-order valence-corrected chi connectivity index (χ4v) is 2.58. The second-order valence-corrected chi connectivity index (χ2v) is 5.25. The van der Waals surface area contributed by atoms with E-state index >= 15 is 0 Å². The van der Waals surface area contributed by atoms with Crippen LogP contribution in [0.2, 0.25) is 0 Å². The normalized spacial score (nSPS) is 16.5. The molecule has 0 radical (unpaired) electrons. The fraction of sp³-hybridized carbons (Fsp3) is 0.375. The van der Waals surface area contributed by atoms with E-state index in [9.17, 15) is 4.79 Å². The van der Waals surface area contributed by atoms with Crippen molar-refractivity contribution < 1.29 is 9.53 Å². The minimum absolute atomic E-state index is 0.0102. The summed E-state index contributed by atoms with van der Waals surface area (Å²) in [6.07, 6.45) is 5.30. The smallest absolute Gasteiger partial charge is 0.315 e. The van der Waals surface area contributed by atoms with E-state index in [4.69, 9.17) is 4.74 Å². The Morgan fingerprint density at radius 3 is 3.14 bits per heavy atom. The molecule has 1 aromatic carbocycles. The largest absolute Gasteiger partial charge is 0.493 e. The molecule has 0 aliphatic carbocycles. The van der Waals surface area contributed by atoms with Crippen molar-refractivity contribution in [1.29, 1.82) is 0 Å². The summed E-state index contributed by atoms with van der Waals surface area (Å²) in [4.78, 5) is 12.0. The van der Waals surface area contributed by atoms with Gasteiger partial charge in [-0.1, -0.05) is 18.2 Å². The topological polar surface area (TPSA) is 68.2 Å². The quantitative estimate of drug-likeness (QED) is 0.831. The molecule has 1 aliphatic heterocycles. The molecule has 2 N–H and O–H groups in total. The third kappa shape index (κ3) is 3.58. The zero-order chi connectivity index (χ0) is 15.2. The van der Waals surface area contributed by atoms with Crippen LogP contribution in [0.15, 0.2) is 42.7 Å². The summed E-state index contributed by atoms with van der Waals surface area (Å²) in [5, 5.41) is 10.0. The molecule has 1 aliphatic rings. The van der Waals surface area contributed by atoms with Gasteiger partial charge in [0.05, 0.1) is 12.6 Å². The van der Waals surface area contributed by atoms with Crippen LogP contribution in [0.25, 0.3) is 0 Å². The lowest BCUT2D eigenvalue weighted by Crippen LogP contribution is -2.40. The summed E-state index contributed by atoms with van der Waals surface area (Å²) < 4.78 is 7.45. The van der Waals surface area contributed by atoms with Gasteiger partial charge in [-0.25, -0.2) is 4.79 Å². The molecule has 2 amide bonds. The van der Waals surface area contributed by atoms with Crippen molar-refractivity contribution in [3.05, 3.63) is 48.3 Å². The monoisotopic (exact) mass is 300 g/mol. The molecule has 22 heavy (non-hydrogen) atoms. The Bertz CT molecular complexity index is 612. The second kappa shape index (κ2) is 6.98. The number of carbonyl (C=O) groups excluding carboxylic acids is 1. The van der Waals surface area contributed by atoms with E-state index in [1.54, 1.807) is 6.20 Å². The van der Waals surface area contributed by atoms with Gasteiger partial charge < -0.3 is 15.4 Å². The van der Waals surface area contributed by atoms with E-state index in [-0.39, 0.29) is 12.1 Å². The van der Waals surface area contributed by atoms with Crippen molar-refractivity contribution in [2.75, 3.05) is 13.2 Å². The van der Waals surface area contributed by atoms with Crippen LogP contribution >= 0.6 is 0 Å². The summed E-state index contributed by atoms with van der Waals surface area (Å²) in [5.41, 5.74) is 1.04. The highest BCUT2D eigenvalue weighted by atomic mass is 16.5. The van der Waals surface area contributed by atoms with Crippen molar-refractivity contribution in [2.45, 2.75) is 25.4 Å². The van der Waals surface area contributed by atoms with E-state index < -0.39 is 0 Å². The molecule has 116 valence electrons. The van der Waals surface area contributed by atoms with Gasteiger partial charge in [-0.15, -0.1) is 0 Å². The predicted molar refractivity (Wildman–Crippen MR) is 82.7 cm³/mol. The van der Waals surface area contributed by atoms with Crippen LogP contribution in [0.3, 0.4) is 0 Å². The third-order valence-corrected chi connectivity index (χ3v) is 3.67. The third-order valence-electron chi connectivity index (χ3n) is 3.67. The van der Waals surface area contributed by atoms with Gasteiger partial charge in [0.15, 0.2) is 0 Å². The number of amides is 2. The molecule has 2 aromatic rings. The van der Waals surface area contributed by atoms with E-state index in [2.05, 4.69) is 15.7 Å². The summed E-state index contributed by atoms with van der Waals surface area (Å²) >= 11 is 0. The molecule has 0 unspecified atom stereocenters. The zero-order valence-electron chi connectivity index (χ0n) is 12.4. The first-order valence-electron chi connectivity index (χ1n) is 7.56. The predicted octanol–water partition coefficient (Wildman–Crippen LogP) is 2.10. The van der Waals surface area contributed by atoms with Crippen molar-refractivity contribution in [1.82, 2.24) is 20.4 Å². The van der Waals surface area contributed by atoms with Crippen LogP contribution in [0, 0.1) is 0 Å². The number of aromatic nitrogens is 2. The number of carbonyl (C=O) groups is 1. The van der Waals surface area contributed by atoms with Crippen LogP contribution in [-0.2, 0) is 6.54 Å². The maximum absolute atomic E-state index is 12.0. The number of urea groups is 1. The van der Waals surface area contributed by atoms with E-state index in [0.717, 1.165) is 30.7 Å². The molecule has 6 nitrogen and oxygen atoms in total. The molecule has 1 aromatic heterocycles. The minimum atomic E-state index is -0.137. The van der Waals surface area contributed by atoms with Gasteiger partial charge >= 0.3 is 6.03 Å². The van der Waals surface area contributed by atoms with Gasteiger partial charge in [0.1, 0.15) is 5.75 Å². The number of nitrogens with one attached hydrogen (secondary N) is 2. The summed E-state index contributed by atoms with van der Waals surface area (Å²) in [5.74, 6) is 0.859. The highest BCUT2D eigenvalue weighted by molar-refractivity contribution is 5.74. The van der Waals surface area contributed by atoms with Gasteiger partial charge in [0.25, 0.3) is 0 Å². The molecule has 2 heterocycles. The summed E-state index contributed by atoms with van der Waals surface area (Å²) in [6.45, 7) is 2.05. The number of fused-ring (bicyclic) bond motifs is 1. The Kier molecular flexibility index (Phi) is 4.58. The van der Waals surface area contributed by atoms with Crippen molar-refractivity contribution >= 4 is 6.03 Å². The maximum Gasteiger partial charge on any atom is 0.315 e. The number of hydrogen-bond donors (Lipinski definition) is 2. The molecule has 0 saturated heterocycles. The molecule has 0 saturated carbocycles. The first-order chi connectivity index (χ1) is 10.8. The van der Waals surface area contributed by atoms with Gasteiger partial charge in [-0.2, -0.15) is 5.10 Å². The van der Waals surface area contributed by atoms with Gasteiger partial charge in [0.2, 0.25) is 0 Å². The van der Waals surface area contributed by atoms with E-state index in [1.165, 1.54) is 0 Å². The molecule has 0 spiro atoms. The standard InChI is InChI=1S/C16H20N4O2/c21-16(17-8-3-10-20-11-4-9-18-20)19-14-7-12-22-15-6-2-1-5-13(14)15/h1-2,4-6,9,11,14H,3,7-8,10,12H2,(H2,17,19,21)/t14-/m0/s1. The number of rotatable bonds is 5. The lowest BCUT2D eigenvalue weighted by molar-refractivity contribution is 0.223. The Labute approximate surface area is 129 Å². The van der Waals surface area contributed by atoms with Gasteiger partial charge in [-0.3, -0.25) is 4.68 Å². The van der Waals surface area contributed by atoms with Crippen molar-refractivity contribution in [2.24, 2.45) is 0 Å². The Hall–Kier alpha value is -2.50. The molecule has 6 heteroatoms. The average molecular weight is 300 g/mol. The fourth-order valence-electron chi connectivity index (χ4n) is 2.58. The van der Waals surface area contributed by atoms with Crippen molar-refractivity contribution in [3.8, 4) is 5.75 Å². The SMILES string of the molecule is O=C(NCCCn1cccn1)N[C@H]1CCOc2ccccc21. The lowest BCUT2D eigenvalue weighted by atomic mass is 10.0. The number of benzene rings is 1. The van der Waals surface area contributed by atoms with Gasteiger partial charge in [-0.05, 0) is 18.6 Å². The van der Waals surface area contributed by atoms with E-state index in [1.807, 2.05) is 41.2 Å². The Morgan fingerprint density at radius 2 is 2.27 bits per heavy atom. The Morgan fingerprint density at radius 1 is 1.36 bits per heavy atom. The minimum Gasteiger partial charge on any atom is -0.493 e. The number of hydrogen-bond acceptors (Lipinski definition) is 3. The first kappa shape index (κ1) is 14.4. The van der Waals surface area contributed by atoms with Crippen LogP contribution in [0.1, 0.15) is 24.4 Å². The summed E-state index contributed by atoms with van der Waals surface area (Å²) in [6, 6.07) is 9.60. The molecule has 0 bridgehead atoms. The van der Waals surface area contributed by atoms with Crippen LogP contribution in [-0.4, -0.2) is 29.0 Å². The number of nitrogens with zero attached hydrogens (tertiary/aromatic N) is 2. The maximum atomic E-state index is 12.0. The molecule has 3 rings (SSSR count). The molecule has 0 fully saturated rings. The average Bonchev–Trinajstić information content (AvgIpc) is 3.05. The van der Waals surface area contributed by atoms with Crippen LogP contribution < -0.4 is 15.4 Å². The molecular formula is C16H20N4O2. The van der Waals surface area contributed by atoms with Crippen molar-refractivity contribution in [3.63, 3.8) is 0 Å². The molecule has 1 atom stereocenters. The van der Waals surface area contributed by atoms with Gasteiger partial charge in [0, 0.05) is 37.5 Å². The number of ether oxygens (including phenoxy) is 1. The second-order valence-electron chi connectivity index (χ2n) is 5.25. The Balaban J connectivity index is 1.44. The summed E-state index contributed by atoms with van der Waals surface area (Å²) in [7, 11) is 0.